The quantitative estimate of drug-likeness (QED) is 0.792. The van der Waals surface area contributed by atoms with Gasteiger partial charge in [0.2, 0.25) is 0 Å². The monoisotopic (exact) mass is 254 g/mol. The molecule has 0 spiro atoms. The van der Waals surface area contributed by atoms with Crippen LogP contribution in [0.3, 0.4) is 0 Å². The van der Waals surface area contributed by atoms with E-state index in [1.54, 1.807) is 0 Å². The van der Waals surface area contributed by atoms with E-state index in [9.17, 15) is 18.0 Å². The van der Waals surface area contributed by atoms with Crippen LogP contribution in [0.15, 0.2) is 12.1 Å². The lowest BCUT2D eigenvalue weighted by molar-refractivity contribution is -0.274. The van der Waals surface area contributed by atoms with Gasteiger partial charge in [-0.05, 0) is 6.07 Å². The molecule has 4 nitrogen and oxygen atoms in total. The lowest BCUT2D eigenvalue weighted by Gasteiger charge is -2.12. The van der Waals surface area contributed by atoms with Gasteiger partial charge >= 0.3 is 6.36 Å². The zero-order valence-electron chi connectivity index (χ0n) is 7.64. The number of halogens is 4. The van der Waals surface area contributed by atoms with Gasteiger partial charge < -0.3 is 16.2 Å². The fraction of sp³-hybridized carbons (Fsp3) is 0.125. The van der Waals surface area contributed by atoms with E-state index >= 15 is 0 Å². The van der Waals surface area contributed by atoms with E-state index in [-0.39, 0.29) is 10.7 Å². The van der Waals surface area contributed by atoms with E-state index in [1.165, 1.54) is 0 Å². The number of benzene rings is 1. The van der Waals surface area contributed by atoms with Crippen molar-refractivity contribution in [2.45, 2.75) is 6.36 Å². The Balaban J connectivity index is 3.25. The zero-order chi connectivity index (χ0) is 12.5. The van der Waals surface area contributed by atoms with Crippen LogP contribution in [0.5, 0.6) is 5.75 Å². The largest absolute Gasteiger partial charge is 0.573 e. The Kier molecular flexibility index (Phi) is 3.18. The molecule has 0 heterocycles. The third-order valence-electron chi connectivity index (χ3n) is 1.59. The fourth-order valence-electron chi connectivity index (χ4n) is 0.973. The molecule has 16 heavy (non-hydrogen) atoms. The molecule has 0 bridgehead atoms. The number of primary amides is 1. The lowest BCUT2D eigenvalue weighted by atomic mass is 10.1. The molecule has 0 unspecified atom stereocenters. The minimum Gasteiger partial charge on any atom is -0.405 e. The average Bonchev–Trinajstić information content (AvgIpc) is 2.07. The van der Waals surface area contributed by atoms with E-state index in [0.717, 1.165) is 12.1 Å². The third-order valence-corrected chi connectivity index (χ3v) is 1.92. The summed E-state index contributed by atoms with van der Waals surface area (Å²) in [6, 6.07) is 1.70. The van der Waals surface area contributed by atoms with Crippen LogP contribution in [0.2, 0.25) is 5.02 Å². The first-order valence-electron chi connectivity index (χ1n) is 3.85. The molecular formula is C8H6ClF3N2O2. The zero-order valence-corrected chi connectivity index (χ0v) is 8.39. The number of hydrogen-bond acceptors (Lipinski definition) is 3. The topological polar surface area (TPSA) is 78.3 Å². The Morgan fingerprint density at radius 3 is 2.38 bits per heavy atom. The molecule has 0 radical (unpaired) electrons. The number of nitrogens with two attached hydrogens (primary N) is 2. The number of anilines is 1. The molecule has 0 aliphatic carbocycles. The molecule has 88 valence electrons. The van der Waals surface area contributed by atoms with Gasteiger partial charge in [0.05, 0.1) is 16.3 Å². The van der Waals surface area contributed by atoms with Gasteiger partial charge in [0.25, 0.3) is 5.91 Å². The van der Waals surface area contributed by atoms with E-state index in [1.807, 2.05) is 0 Å². The van der Waals surface area contributed by atoms with Gasteiger partial charge in [-0.25, -0.2) is 0 Å². The summed E-state index contributed by atoms with van der Waals surface area (Å²) in [5.74, 6) is -1.87. The predicted molar refractivity (Wildman–Crippen MR) is 51.1 cm³/mol. The minimum atomic E-state index is -4.94. The van der Waals surface area contributed by atoms with E-state index < -0.39 is 23.6 Å². The van der Waals surface area contributed by atoms with Crippen LogP contribution in [-0.2, 0) is 0 Å². The van der Waals surface area contributed by atoms with Crippen molar-refractivity contribution in [2.24, 2.45) is 5.73 Å². The third kappa shape index (κ3) is 2.93. The number of nitrogen functional groups attached to an aromatic ring is 1. The second-order valence-electron chi connectivity index (χ2n) is 2.78. The van der Waals surface area contributed by atoms with Crippen molar-refractivity contribution in [3.63, 3.8) is 0 Å². The van der Waals surface area contributed by atoms with Crippen LogP contribution in [0.25, 0.3) is 0 Å². The minimum absolute atomic E-state index is 0.0648. The normalized spacial score (nSPS) is 11.2. The van der Waals surface area contributed by atoms with Crippen molar-refractivity contribution in [3.8, 4) is 5.75 Å². The summed E-state index contributed by atoms with van der Waals surface area (Å²) >= 11 is 5.49. The Bertz CT molecular complexity index is 434. The highest BCUT2D eigenvalue weighted by Crippen LogP contribution is 2.32. The number of amides is 1. The van der Waals surface area contributed by atoms with Gasteiger partial charge in [-0.15, -0.1) is 13.2 Å². The van der Waals surface area contributed by atoms with Crippen molar-refractivity contribution in [2.75, 3.05) is 5.73 Å². The number of carbonyl (C=O) groups excluding carboxylic acids is 1. The maximum absolute atomic E-state index is 12.0. The van der Waals surface area contributed by atoms with Crippen molar-refractivity contribution < 1.29 is 22.7 Å². The molecule has 0 aliphatic rings. The molecule has 1 aromatic rings. The first-order chi connectivity index (χ1) is 7.20. The number of alkyl halides is 3. The first kappa shape index (κ1) is 12.4. The smallest absolute Gasteiger partial charge is 0.405 e. The van der Waals surface area contributed by atoms with Crippen LogP contribution in [0.4, 0.5) is 18.9 Å². The number of carbonyl (C=O) groups is 1. The SMILES string of the molecule is NC(=O)c1cc(N)c(Cl)cc1OC(F)(F)F. The van der Waals surface area contributed by atoms with Gasteiger partial charge in [0, 0.05) is 6.07 Å². The van der Waals surface area contributed by atoms with E-state index in [2.05, 4.69) is 4.74 Å². The molecule has 4 N–H and O–H groups in total. The summed E-state index contributed by atoms with van der Waals surface area (Å²) in [5.41, 5.74) is 9.63. The number of ether oxygens (including phenoxy) is 1. The molecule has 0 saturated heterocycles. The molecule has 0 aromatic heterocycles. The second-order valence-corrected chi connectivity index (χ2v) is 3.19. The van der Waals surface area contributed by atoms with E-state index in [0.29, 0.717) is 0 Å². The molecule has 1 aromatic carbocycles. The number of rotatable bonds is 2. The molecule has 0 fully saturated rings. The number of hydrogen-bond donors (Lipinski definition) is 2. The lowest BCUT2D eigenvalue weighted by Crippen LogP contribution is -2.21. The molecule has 1 rings (SSSR count). The summed E-state index contributed by atoms with van der Waals surface area (Å²) in [5, 5.41) is -0.163. The van der Waals surface area contributed by atoms with Crippen LogP contribution in [-0.4, -0.2) is 12.3 Å². The molecule has 8 heteroatoms. The van der Waals surface area contributed by atoms with Crippen LogP contribution in [0, 0.1) is 0 Å². The van der Waals surface area contributed by atoms with Crippen LogP contribution >= 0.6 is 11.6 Å². The predicted octanol–water partition coefficient (Wildman–Crippen LogP) is 1.92. The van der Waals surface area contributed by atoms with Crippen molar-refractivity contribution in [1.29, 1.82) is 0 Å². The molecular weight excluding hydrogens is 249 g/mol. The Labute approximate surface area is 92.9 Å². The van der Waals surface area contributed by atoms with Gasteiger partial charge in [-0.1, -0.05) is 11.6 Å². The molecule has 0 aliphatic heterocycles. The Hall–Kier alpha value is -1.63. The highest BCUT2D eigenvalue weighted by atomic mass is 35.5. The van der Waals surface area contributed by atoms with Crippen molar-refractivity contribution in [3.05, 3.63) is 22.7 Å². The Morgan fingerprint density at radius 2 is 1.94 bits per heavy atom. The molecule has 0 saturated carbocycles. The van der Waals surface area contributed by atoms with Crippen LogP contribution in [0.1, 0.15) is 10.4 Å². The standard InChI is InChI=1S/C8H6ClF3N2O2/c9-4-2-6(16-8(10,11)12)3(7(14)15)1-5(4)13/h1-2H,13H2,(H2,14,15). The van der Waals surface area contributed by atoms with Gasteiger partial charge in [-0.2, -0.15) is 0 Å². The Morgan fingerprint density at radius 1 is 1.38 bits per heavy atom. The highest BCUT2D eigenvalue weighted by molar-refractivity contribution is 6.33. The summed E-state index contributed by atoms with van der Waals surface area (Å²) < 4.78 is 39.5. The highest BCUT2D eigenvalue weighted by Gasteiger charge is 2.33. The van der Waals surface area contributed by atoms with Gasteiger partial charge in [0.15, 0.2) is 0 Å². The van der Waals surface area contributed by atoms with Crippen molar-refractivity contribution in [1.82, 2.24) is 0 Å². The maximum atomic E-state index is 12.0. The van der Waals surface area contributed by atoms with Gasteiger partial charge in [0.1, 0.15) is 5.75 Å². The maximum Gasteiger partial charge on any atom is 0.573 e. The summed E-state index contributed by atoms with van der Waals surface area (Å²) in [4.78, 5) is 10.8. The second kappa shape index (κ2) is 4.09. The molecule has 1 amide bonds. The van der Waals surface area contributed by atoms with Crippen molar-refractivity contribution >= 4 is 23.2 Å². The summed E-state index contributed by atoms with van der Waals surface area (Å²) in [6.45, 7) is 0. The van der Waals surface area contributed by atoms with Crippen LogP contribution < -0.4 is 16.2 Å². The average molecular weight is 255 g/mol. The first-order valence-corrected chi connectivity index (χ1v) is 4.23. The van der Waals surface area contributed by atoms with Gasteiger partial charge in [-0.3, -0.25) is 4.79 Å². The van der Waals surface area contributed by atoms with E-state index in [4.69, 9.17) is 23.1 Å². The summed E-state index contributed by atoms with van der Waals surface area (Å²) in [6.07, 6.45) is -4.94. The fourth-order valence-corrected chi connectivity index (χ4v) is 1.13. The summed E-state index contributed by atoms with van der Waals surface area (Å²) in [7, 11) is 0. The molecule has 0 atom stereocenters.